The summed E-state index contributed by atoms with van der Waals surface area (Å²) in [6, 6.07) is 12.2. The maximum atomic E-state index is 11.8. The molecule has 0 aliphatic rings. The summed E-state index contributed by atoms with van der Waals surface area (Å²) in [6.45, 7) is 0.190. The lowest BCUT2D eigenvalue weighted by Crippen LogP contribution is -2.11. The summed E-state index contributed by atoms with van der Waals surface area (Å²) in [6.07, 6.45) is 0. The van der Waals surface area contributed by atoms with E-state index >= 15 is 0 Å². The average Bonchev–Trinajstić information content (AvgIpc) is 2.52. The minimum absolute atomic E-state index is 0.0119. The molecule has 0 atom stereocenters. The molecule has 0 saturated carbocycles. The number of nitrogens with two attached hydrogens (primary N) is 1. The van der Waals surface area contributed by atoms with Crippen LogP contribution in [-0.4, -0.2) is 18.2 Å². The topological polar surface area (TPSA) is 81.8 Å². The highest BCUT2D eigenvalue weighted by atomic mass is 16.5. The van der Waals surface area contributed by atoms with Gasteiger partial charge in [-0.05, 0) is 23.8 Å². The van der Waals surface area contributed by atoms with Gasteiger partial charge in [0.05, 0.1) is 19.3 Å². The number of esters is 1. The fourth-order valence-corrected chi connectivity index (χ4v) is 1.94. The van der Waals surface area contributed by atoms with E-state index in [1.165, 1.54) is 7.11 Å². The first-order valence-corrected chi connectivity index (χ1v) is 6.44. The van der Waals surface area contributed by atoms with Gasteiger partial charge in [-0.3, -0.25) is 0 Å². The quantitative estimate of drug-likeness (QED) is 0.650. The molecular formula is C16H17NO4. The van der Waals surface area contributed by atoms with E-state index in [-0.39, 0.29) is 13.2 Å². The minimum atomic E-state index is -0.484. The van der Waals surface area contributed by atoms with E-state index < -0.39 is 5.97 Å². The van der Waals surface area contributed by atoms with Crippen LogP contribution in [-0.2, 0) is 18.0 Å². The number of rotatable bonds is 5. The smallest absolute Gasteiger partial charge is 0.340 e. The third kappa shape index (κ3) is 3.52. The van der Waals surface area contributed by atoms with Crippen LogP contribution in [0.3, 0.4) is 0 Å². The first-order valence-electron chi connectivity index (χ1n) is 6.44. The molecule has 0 radical (unpaired) electrons. The molecule has 5 nitrogen and oxygen atoms in total. The number of hydrogen-bond donors (Lipinski definition) is 2. The zero-order valence-electron chi connectivity index (χ0n) is 11.7. The molecule has 0 saturated heterocycles. The summed E-state index contributed by atoms with van der Waals surface area (Å²) in [7, 11) is 1.31. The van der Waals surface area contributed by atoms with Crippen LogP contribution < -0.4 is 10.5 Å². The number of nitrogen functional groups attached to an aromatic ring is 1. The second-order valence-electron chi connectivity index (χ2n) is 4.46. The van der Waals surface area contributed by atoms with Crippen molar-refractivity contribution in [2.75, 3.05) is 12.8 Å². The van der Waals surface area contributed by atoms with Gasteiger partial charge >= 0.3 is 5.97 Å². The fourth-order valence-electron chi connectivity index (χ4n) is 1.94. The van der Waals surface area contributed by atoms with Crippen LogP contribution in [0.25, 0.3) is 0 Å². The van der Waals surface area contributed by atoms with E-state index in [1.54, 1.807) is 42.5 Å². The highest BCUT2D eigenvalue weighted by Crippen LogP contribution is 2.21. The Morgan fingerprint density at radius 2 is 1.90 bits per heavy atom. The van der Waals surface area contributed by atoms with Crippen molar-refractivity contribution in [2.24, 2.45) is 0 Å². The van der Waals surface area contributed by atoms with E-state index in [2.05, 4.69) is 0 Å². The molecule has 2 aromatic rings. The number of aliphatic hydroxyl groups is 1. The molecule has 5 heteroatoms. The van der Waals surface area contributed by atoms with Crippen molar-refractivity contribution >= 4 is 11.7 Å². The summed E-state index contributed by atoms with van der Waals surface area (Å²) in [4.78, 5) is 11.8. The van der Waals surface area contributed by atoms with Gasteiger partial charge in [0.1, 0.15) is 12.4 Å². The molecule has 110 valence electrons. The van der Waals surface area contributed by atoms with Gasteiger partial charge in [-0.1, -0.05) is 24.3 Å². The molecule has 0 amide bonds. The standard InChI is InChI=1S/C16H17NO4/c1-20-16(19)15-12(3-2-4-14(15)17)10-21-13-7-5-11(9-18)6-8-13/h2-8,18H,9-10,17H2,1H3. The second kappa shape index (κ2) is 6.76. The Kier molecular flexibility index (Phi) is 4.79. The Labute approximate surface area is 122 Å². The molecule has 0 aliphatic heterocycles. The number of carbonyl (C=O) groups excluding carboxylic acids is 1. The van der Waals surface area contributed by atoms with Gasteiger partial charge in [-0.25, -0.2) is 4.79 Å². The van der Waals surface area contributed by atoms with Crippen LogP contribution in [0.15, 0.2) is 42.5 Å². The molecule has 0 fully saturated rings. The highest BCUT2D eigenvalue weighted by Gasteiger charge is 2.15. The van der Waals surface area contributed by atoms with Gasteiger partial charge in [0.2, 0.25) is 0 Å². The highest BCUT2D eigenvalue weighted by molar-refractivity contribution is 5.96. The zero-order chi connectivity index (χ0) is 15.2. The molecule has 2 aromatic carbocycles. The third-order valence-electron chi connectivity index (χ3n) is 3.07. The second-order valence-corrected chi connectivity index (χ2v) is 4.46. The van der Waals surface area contributed by atoms with Crippen molar-refractivity contribution in [3.63, 3.8) is 0 Å². The molecule has 3 N–H and O–H groups in total. The third-order valence-corrected chi connectivity index (χ3v) is 3.07. The van der Waals surface area contributed by atoms with Crippen molar-refractivity contribution in [2.45, 2.75) is 13.2 Å². The molecule has 0 unspecified atom stereocenters. The predicted molar refractivity (Wildman–Crippen MR) is 78.9 cm³/mol. The predicted octanol–water partition coefficient (Wildman–Crippen LogP) is 2.13. The summed E-state index contributed by atoms with van der Waals surface area (Å²) >= 11 is 0. The summed E-state index contributed by atoms with van der Waals surface area (Å²) in [5.41, 5.74) is 7.97. The van der Waals surface area contributed by atoms with Gasteiger partial charge < -0.3 is 20.3 Å². The van der Waals surface area contributed by atoms with Gasteiger partial charge in [0.25, 0.3) is 0 Å². The SMILES string of the molecule is COC(=O)c1c(N)cccc1COc1ccc(CO)cc1. The minimum Gasteiger partial charge on any atom is -0.489 e. The number of benzene rings is 2. The Morgan fingerprint density at radius 1 is 1.19 bits per heavy atom. The number of hydrogen-bond acceptors (Lipinski definition) is 5. The fraction of sp³-hybridized carbons (Fsp3) is 0.188. The average molecular weight is 287 g/mol. The van der Waals surface area contributed by atoms with Crippen molar-refractivity contribution in [1.29, 1.82) is 0 Å². The lowest BCUT2D eigenvalue weighted by molar-refractivity contribution is 0.0599. The Hall–Kier alpha value is -2.53. The van der Waals surface area contributed by atoms with Gasteiger partial charge in [-0.15, -0.1) is 0 Å². The molecule has 0 spiro atoms. The number of ether oxygens (including phenoxy) is 2. The van der Waals surface area contributed by atoms with Crippen LogP contribution >= 0.6 is 0 Å². The number of aliphatic hydroxyl groups excluding tert-OH is 1. The van der Waals surface area contributed by atoms with E-state index in [1.807, 2.05) is 0 Å². The monoisotopic (exact) mass is 287 g/mol. The van der Waals surface area contributed by atoms with Crippen LogP contribution in [0.5, 0.6) is 5.75 Å². The Balaban J connectivity index is 2.15. The lowest BCUT2D eigenvalue weighted by Gasteiger charge is -2.12. The molecule has 21 heavy (non-hydrogen) atoms. The van der Waals surface area contributed by atoms with E-state index in [0.717, 1.165) is 5.56 Å². The Bertz CT molecular complexity index is 623. The van der Waals surface area contributed by atoms with Crippen molar-refractivity contribution < 1.29 is 19.4 Å². The van der Waals surface area contributed by atoms with Crippen molar-refractivity contribution in [1.82, 2.24) is 0 Å². The van der Waals surface area contributed by atoms with Gasteiger partial charge in [0, 0.05) is 11.3 Å². The largest absolute Gasteiger partial charge is 0.489 e. The normalized spacial score (nSPS) is 10.2. The van der Waals surface area contributed by atoms with Crippen LogP contribution in [0.2, 0.25) is 0 Å². The van der Waals surface area contributed by atoms with Gasteiger partial charge in [-0.2, -0.15) is 0 Å². The van der Waals surface area contributed by atoms with Crippen LogP contribution in [0, 0.1) is 0 Å². The summed E-state index contributed by atoms with van der Waals surface area (Å²) in [5, 5.41) is 8.99. The number of methoxy groups -OCH3 is 1. The first kappa shape index (κ1) is 14.9. The molecular weight excluding hydrogens is 270 g/mol. The van der Waals surface area contributed by atoms with E-state index in [9.17, 15) is 4.79 Å². The van der Waals surface area contributed by atoms with Crippen molar-refractivity contribution in [3.05, 3.63) is 59.2 Å². The molecule has 0 heterocycles. The summed E-state index contributed by atoms with van der Waals surface area (Å²) < 4.78 is 10.4. The maximum Gasteiger partial charge on any atom is 0.340 e. The Morgan fingerprint density at radius 3 is 2.52 bits per heavy atom. The zero-order valence-corrected chi connectivity index (χ0v) is 11.7. The van der Waals surface area contributed by atoms with Gasteiger partial charge in [0.15, 0.2) is 0 Å². The van der Waals surface area contributed by atoms with Crippen LogP contribution in [0.1, 0.15) is 21.5 Å². The van der Waals surface area contributed by atoms with E-state index in [4.69, 9.17) is 20.3 Å². The molecule has 0 aromatic heterocycles. The lowest BCUT2D eigenvalue weighted by atomic mass is 10.1. The molecule has 2 rings (SSSR count). The maximum absolute atomic E-state index is 11.8. The van der Waals surface area contributed by atoms with Crippen LogP contribution in [0.4, 0.5) is 5.69 Å². The number of anilines is 1. The number of carbonyl (C=O) groups is 1. The first-order chi connectivity index (χ1) is 10.2. The molecule has 0 aliphatic carbocycles. The summed E-state index contributed by atoms with van der Waals surface area (Å²) in [5.74, 6) is 0.160. The van der Waals surface area contributed by atoms with Crippen molar-refractivity contribution in [3.8, 4) is 5.75 Å². The van der Waals surface area contributed by atoms with E-state index in [0.29, 0.717) is 22.6 Å². The molecule has 0 bridgehead atoms.